The van der Waals surface area contributed by atoms with Crippen molar-refractivity contribution >= 4 is 5.91 Å². The van der Waals surface area contributed by atoms with Gasteiger partial charge in [-0.3, -0.25) is 9.78 Å². The summed E-state index contributed by atoms with van der Waals surface area (Å²) < 4.78 is 1.88. The number of carbonyl (C=O) groups excluding carboxylic acids is 1. The molecule has 0 aliphatic rings. The highest BCUT2D eigenvalue weighted by atomic mass is 16.1. The fourth-order valence-corrected chi connectivity index (χ4v) is 1.98. The summed E-state index contributed by atoms with van der Waals surface area (Å²) in [7, 11) is 0. The number of aryl methyl sites for hydroxylation is 1. The third-order valence-corrected chi connectivity index (χ3v) is 3.04. The standard InChI is InChI=1S/C15H19N3O/c1-3-4-9-17-15(19)14-8-6-11-18(14)13-7-5-10-16-12(13)2/h5-8,10-11H,3-4,9H2,1-2H3,(H,17,19). The topological polar surface area (TPSA) is 46.9 Å². The summed E-state index contributed by atoms with van der Waals surface area (Å²) in [5.41, 5.74) is 2.49. The van der Waals surface area contributed by atoms with Crippen molar-refractivity contribution < 1.29 is 4.79 Å². The molecule has 0 radical (unpaired) electrons. The van der Waals surface area contributed by atoms with Gasteiger partial charge in [0.1, 0.15) is 5.69 Å². The number of nitrogens with zero attached hydrogens (tertiary/aromatic N) is 2. The van der Waals surface area contributed by atoms with Gasteiger partial charge in [0, 0.05) is 18.9 Å². The maximum atomic E-state index is 12.1. The van der Waals surface area contributed by atoms with Crippen LogP contribution in [0.25, 0.3) is 5.69 Å². The number of nitrogens with one attached hydrogen (secondary N) is 1. The first-order valence-electron chi connectivity index (χ1n) is 6.61. The van der Waals surface area contributed by atoms with E-state index in [-0.39, 0.29) is 5.91 Å². The lowest BCUT2D eigenvalue weighted by molar-refractivity contribution is 0.0946. The van der Waals surface area contributed by atoms with Crippen molar-refractivity contribution in [2.45, 2.75) is 26.7 Å². The van der Waals surface area contributed by atoms with Gasteiger partial charge in [-0.25, -0.2) is 0 Å². The predicted octanol–water partition coefficient (Wildman–Crippen LogP) is 2.71. The second-order valence-electron chi connectivity index (χ2n) is 4.48. The van der Waals surface area contributed by atoms with Gasteiger partial charge < -0.3 is 9.88 Å². The molecule has 0 bridgehead atoms. The number of hydrogen-bond donors (Lipinski definition) is 1. The summed E-state index contributed by atoms with van der Waals surface area (Å²) >= 11 is 0. The molecule has 0 unspecified atom stereocenters. The Kier molecular flexibility index (Phi) is 4.34. The van der Waals surface area contributed by atoms with Gasteiger partial charge in [-0.15, -0.1) is 0 Å². The molecule has 4 nitrogen and oxygen atoms in total. The quantitative estimate of drug-likeness (QED) is 0.837. The highest BCUT2D eigenvalue weighted by molar-refractivity contribution is 5.93. The van der Waals surface area contributed by atoms with Crippen LogP contribution in [0.3, 0.4) is 0 Å². The fraction of sp³-hybridized carbons (Fsp3) is 0.333. The Hall–Kier alpha value is -2.10. The second kappa shape index (κ2) is 6.18. The molecule has 2 heterocycles. The Morgan fingerprint density at radius 1 is 1.37 bits per heavy atom. The zero-order valence-corrected chi connectivity index (χ0v) is 11.4. The summed E-state index contributed by atoms with van der Waals surface area (Å²) in [5.74, 6) is -0.0401. The molecule has 0 fully saturated rings. The number of hydrogen-bond acceptors (Lipinski definition) is 2. The van der Waals surface area contributed by atoms with Crippen LogP contribution in [-0.4, -0.2) is 22.0 Å². The van der Waals surface area contributed by atoms with E-state index in [9.17, 15) is 4.79 Å². The Morgan fingerprint density at radius 2 is 2.21 bits per heavy atom. The minimum atomic E-state index is -0.0401. The highest BCUT2D eigenvalue weighted by Gasteiger charge is 2.12. The zero-order valence-electron chi connectivity index (χ0n) is 11.4. The number of rotatable bonds is 5. The summed E-state index contributed by atoms with van der Waals surface area (Å²) in [4.78, 5) is 16.4. The maximum Gasteiger partial charge on any atom is 0.268 e. The Labute approximate surface area is 113 Å². The lowest BCUT2D eigenvalue weighted by atomic mass is 10.3. The van der Waals surface area contributed by atoms with Crippen molar-refractivity contribution in [1.29, 1.82) is 0 Å². The molecule has 0 saturated heterocycles. The molecule has 4 heteroatoms. The third-order valence-electron chi connectivity index (χ3n) is 3.04. The molecule has 2 aromatic heterocycles. The van der Waals surface area contributed by atoms with Crippen LogP contribution in [0.5, 0.6) is 0 Å². The lowest BCUT2D eigenvalue weighted by Gasteiger charge is -2.11. The number of aromatic nitrogens is 2. The third kappa shape index (κ3) is 3.02. The van der Waals surface area contributed by atoms with E-state index < -0.39 is 0 Å². The van der Waals surface area contributed by atoms with Gasteiger partial charge in [0.05, 0.1) is 11.4 Å². The van der Waals surface area contributed by atoms with Crippen molar-refractivity contribution in [2.24, 2.45) is 0 Å². The van der Waals surface area contributed by atoms with Gasteiger partial charge in [0.2, 0.25) is 0 Å². The first-order valence-corrected chi connectivity index (χ1v) is 6.61. The van der Waals surface area contributed by atoms with Crippen molar-refractivity contribution in [3.63, 3.8) is 0 Å². The SMILES string of the molecule is CCCCNC(=O)c1cccn1-c1cccnc1C. The van der Waals surface area contributed by atoms with E-state index >= 15 is 0 Å². The lowest BCUT2D eigenvalue weighted by Crippen LogP contribution is -2.26. The molecule has 0 aromatic carbocycles. The molecule has 0 atom stereocenters. The first-order chi connectivity index (χ1) is 9.24. The molecule has 100 valence electrons. The summed E-state index contributed by atoms with van der Waals surface area (Å²) in [6, 6.07) is 7.54. The van der Waals surface area contributed by atoms with Crippen molar-refractivity contribution in [3.8, 4) is 5.69 Å². The average Bonchev–Trinajstić information content (AvgIpc) is 2.88. The molecule has 0 saturated carbocycles. The molecule has 2 rings (SSSR count). The van der Waals surface area contributed by atoms with E-state index in [0.29, 0.717) is 12.2 Å². The van der Waals surface area contributed by atoms with Gasteiger partial charge in [-0.2, -0.15) is 0 Å². The van der Waals surface area contributed by atoms with Crippen LogP contribution in [0.4, 0.5) is 0 Å². The van der Waals surface area contributed by atoms with Crippen LogP contribution >= 0.6 is 0 Å². The van der Waals surface area contributed by atoms with E-state index in [2.05, 4.69) is 17.2 Å². The molecule has 1 N–H and O–H groups in total. The average molecular weight is 257 g/mol. The number of amides is 1. The molecule has 1 amide bonds. The monoisotopic (exact) mass is 257 g/mol. The maximum absolute atomic E-state index is 12.1. The van der Waals surface area contributed by atoms with E-state index in [1.54, 1.807) is 6.20 Å². The van der Waals surface area contributed by atoms with Gasteiger partial charge in [0.15, 0.2) is 0 Å². The summed E-state index contributed by atoms with van der Waals surface area (Å²) in [6.45, 7) is 4.76. The molecule has 2 aromatic rings. The van der Waals surface area contributed by atoms with E-state index in [4.69, 9.17) is 0 Å². The zero-order chi connectivity index (χ0) is 13.7. The molecule has 0 aliphatic carbocycles. The van der Waals surface area contributed by atoms with Crippen molar-refractivity contribution in [3.05, 3.63) is 48.0 Å². The predicted molar refractivity (Wildman–Crippen MR) is 75.5 cm³/mol. The molecule has 0 spiro atoms. The van der Waals surface area contributed by atoms with Crippen LogP contribution in [0.15, 0.2) is 36.7 Å². The van der Waals surface area contributed by atoms with E-state index in [1.807, 2.05) is 42.0 Å². The highest BCUT2D eigenvalue weighted by Crippen LogP contribution is 2.15. The van der Waals surface area contributed by atoms with Crippen LogP contribution < -0.4 is 5.32 Å². The second-order valence-corrected chi connectivity index (χ2v) is 4.48. The van der Waals surface area contributed by atoms with Crippen LogP contribution in [0, 0.1) is 6.92 Å². The minimum absolute atomic E-state index is 0.0401. The van der Waals surface area contributed by atoms with Crippen molar-refractivity contribution in [1.82, 2.24) is 14.9 Å². The van der Waals surface area contributed by atoms with Gasteiger partial charge in [-0.1, -0.05) is 13.3 Å². The molecular formula is C15H19N3O. The van der Waals surface area contributed by atoms with Gasteiger partial charge in [0.25, 0.3) is 5.91 Å². The van der Waals surface area contributed by atoms with Gasteiger partial charge in [-0.05, 0) is 37.6 Å². The number of unbranched alkanes of at least 4 members (excludes halogenated alkanes) is 1. The van der Waals surface area contributed by atoms with Crippen LogP contribution in [0.2, 0.25) is 0 Å². The summed E-state index contributed by atoms with van der Waals surface area (Å²) in [5, 5.41) is 2.94. The smallest absolute Gasteiger partial charge is 0.268 e. The normalized spacial score (nSPS) is 10.4. The summed E-state index contributed by atoms with van der Waals surface area (Å²) in [6.07, 6.45) is 5.71. The molecular weight excluding hydrogens is 238 g/mol. The Bertz CT molecular complexity index is 560. The van der Waals surface area contributed by atoms with Crippen LogP contribution in [0.1, 0.15) is 35.9 Å². The molecule has 0 aliphatic heterocycles. The van der Waals surface area contributed by atoms with Crippen LogP contribution in [-0.2, 0) is 0 Å². The minimum Gasteiger partial charge on any atom is -0.351 e. The number of pyridine rings is 1. The Balaban J connectivity index is 2.23. The van der Waals surface area contributed by atoms with Crippen molar-refractivity contribution in [2.75, 3.05) is 6.54 Å². The van der Waals surface area contributed by atoms with Gasteiger partial charge >= 0.3 is 0 Å². The fourth-order valence-electron chi connectivity index (χ4n) is 1.98. The number of carbonyl (C=O) groups is 1. The van der Waals surface area contributed by atoms with E-state index in [1.165, 1.54) is 0 Å². The molecule has 19 heavy (non-hydrogen) atoms. The first kappa shape index (κ1) is 13.3. The Morgan fingerprint density at radius 3 is 2.95 bits per heavy atom. The largest absolute Gasteiger partial charge is 0.351 e. The van der Waals surface area contributed by atoms with E-state index in [0.717, 1.165) is 24.2 Å².